The molecule has 88 valence electrons. The molecule has 2 amide bonds. The quantitative estimate of drug-likeness (QED) is 0.765. The van der Waals surface area contributed by atoms with Crippen LogP contribution in [0.15, 0.2) is 0 Å². The minimum absolute atomic E-state index is 0.713. The van der Waals surface area contributed by atoms with Gasteiger partial charge in [0, 0.05) is 14.1 Å². The standard InChI is InChI=1S/C8H14F2N2O3/c1-5(7(13)14)12(3)8(15)11(2)4-6(9)10/h5-6H,4H2,1-3H3,(H,13,14). The summed E-state index contributed by atoms with van der Waals surface area (Å²) in [5, 5.41) is 8.60. The number of aliphatic carboxylic acids is 1. The maximum Gasteiger partial charge on any atom is 0.326 e. The zero-order valence-corrected chi connectivity index (χ0v) is 8.78. The Morgan fingerprint density at radius 3 is 2.13 bits per heavy atom. The van der Waals surface area contributed by atoms with Gasteiger partial charge in [-0.3, -0.25) is 0 Å². The number of nitrogens with zero attached hydrogens (tertiary/aromatic N) is 2. The number of carboxylic acid groups (broad SMARTS) is 1. The molecule has 0 aliphatic heterocycles. The van der Waals surface area contributed by atoms with Crippen molar-refractivity contribution in [3.63, 3.8) is 0 Å². The first-order chi connectivity index (χ1) is 6.77. The van der Waals surface area contributed by atoms with Crippen LogP contribution in [0, 0.1) is 0 Å². The third-order valence-electron chi connectivity index (χ3n) is 1.98. The highest BCUT2D eigenvalue weighted by molar-refractivity contribution is 5.82. The highest BCUT2D eigenvalue weighted by Crippen LogP contribution is 2.03. The highest BCUT2D eigenvalue weighted by Gasteiger charge is 2.25. The number of alkyl halides is 2. The zero-order chi connectivity index (χ0) is 12.2. The Balaban J connectivity index is 4.37. The fourth-order valence-electron chi connectivity index (χ4n) is 0.886. The Morgan fingerprint density at radius 1 is 1.33 bits per heavy atom. The normalized spacial score (nSPS) is 12.4. The summed E-state index contributed by atoms with van der Waals surface area (Å²) < 4.78 is 23.9. The van der Waals surface area contributed by atoms with Gasteiger partial charge in [0.15, 0.2) is 0 Å². The number of carbonyl (C=O) groups is 2. The topological polar surface area (TPSA) is 60.9 Å². The summed E-state index contributed by atoms with van der Waals surface area (Å²) in [6.45, 7) is 0.589. The molecule has 0 aromatic rings. The fourth-order valence-corrected chi connectivity index (χ4v) is 0.886. The molecule has 0 aliphatic carbocycles. The third-order valence-corrected chi connectivity index (χ3v) is 1.98. The molecule has 0 saturated heterocycles. The van der Waals surface area contributed by atoms with Gasteiger partial charge in [-0.05, 0) is 6.92 Å². The first kappa shape index (κ1) is 13.6. The summed E-state index contributed by atoms with van der Waals surface area (Å²) in [7, 11) is 2.45. The molecule has 1 atom stereocenters. The van der Waals surface area contributed by atoms with Crippen molar-refractivity contribution < 1.29 is 23.5 Å². The van der Waals surface area contributed by atoms with Gasteiger partial charge in [0.25, 0.3) is 6.43 Å². The summed E-state index contributed by atoms with van der Waals surface area (Å²) in [5.74, 6) is -1.18. The molecule has 0 aromatic carbocycles. The van der Waals surface area contributed by atoms with Gasteiger partial charge >= 0.3 is 12.0 Å². The minimum atomic E-state index is -2.63. The molecule has 15 heavy (non-hydrogen) atoms. The number of likely N-dealkylation sites (N-methyl/N-ethyl adjacent to an activating group) is 1. The molecule has 0 aromatic heterocycles. The van der Waals surface area contributed by atoms with Crippen LogP contribution in [0.5, 0.6) is 0 Å². The predicted octanol–water partition coefficient (Wildman–Crippen LogP) is 0.708. The molecular formula is C8H14F2N2O3. The van der Waals surface area contributed by atoms with E-state index < -0.39 is 31.0 Å². The SMILES string of the molecule is CC(C(=O)O)N(C)C(=O)N(C)CC(F)F. The summed E-state index contributed by atoms with van der Waals surface area (Å²) in [6.07, 6.45) is -2.63. The van der Waals surface area contributed by atoms with E-state index in [0.717, 1.165) is 9.80 Å². The third kappa shape index (κ3) is 4.09. The molecule has 0 spiro atoms. The van der Waals surface area contributed by atoms with Crippen molar-refractivity contribution in [2.24, 2.45) is 0 Å². The molecule has 0 bridgehead atoms. The predicted molar refractivity (Wildman–Crippen MR) is 48.9 cm³/mol. The Kier molecular flexibility index (Phi) is 4.96. The van der Waals surface area contributed by atoms with Gasteiger partial charge in [0.2, 0.25) is 0 Å². The molecule has 1 N–H and O–H groups in total. The van der Waals surface area contributed by atoms with Crippen LogP contribution >= 0.6 is 0 Å². The number of rotatable bonds is 4. The van der Waals surface area contributed by atoms with Crippen LogP contribution in [0.1, 0.15) is 6.92 Å². The van der Waals surface area contributed by atoms with E-state index in [1.165, 1.54) is 21.0 Å². The van der Waals surface area contributed by atoms with E-state index >= 15 is 0 Å². The van der Waals surface area contributed by atoms with E-state index in [2.05, 4.69) is 0 Å². The van der Waals surface area contributed by atoms with Gasteiger partial charge in [0.05, 0.1) is 6.54 Å². The zero-order valence-electron chi connectivity index (χ0n) is 8.78. The number of hydrogen-bond donors (Lipinski definition) is 1. The van der Waals surface area contributed by atoms with Crippen molar-refractivity contribution in [3.05, 3.63) is 0 Å². The van der Waals surface area contributed by atoms with E-state index in [9.17, 15) is 18.4 Å². The van der Waals surface area contributed by atoms with Crippen LogP contribution in [0.25, 0.3) is 0 Å². The lowest BCUT2D eigenvalue weighted by Crippen LogP contribution is -2.47. The molecule has 0 fully saturated rings. The smallest absolute Gasteiger partial charge is 0.326 e. The molecule has 0 heterocycles. The number of halogens is 2. The lowest BCUT2D eigenvalue weighted by atomic mass is 10.3. The van der Waals surface area contributed by atoms with E-state index in [1.54, 1.807) is 0 Å². The largest absolute Gasteiger partial charge is 0.480 e. The highest BCUT2D eigenvalue weighted by atomic mass is 19.3. The number of urea groups is 1. The lowest BCUT2D eigenvalue weighted by molar-refractivity contribution is -0.141. The maximum atomic E-state index is 11.9. The van der Waals surface area contributed by atoms with E-state index in [-0.39, 0.29) is 0 Å². The minimum Gasteiger partial charge on any atom is -0.480 e. The Bertz CT molecular complexity index is 248. The molecule has 5 nitrogen and oxygen atoms in total. The average Bonchev–Trinajstić information content (AvgIpc) is 2.13. The number of amides is 2. The Morgan fingerprint density at radius 2 is 1.80 bits per heavy atom. The maximum absolute atomic E-state index is 11.9. The number of carboxylic acids is 1. The van der Waals surface area contributed by atoms with Crippen molar-refractivity contribution in [2.45, 2.75) is 19.4 Å². The van der Waals surface area contributed by atoms with Gasteiger partial charge in [-0.25, -0.2) is 18.4 Å². The van der Waals surface area contributed by atoms with E-state index in [0.29, 0.717) is 0 Å². The molecule has 0 aliphatic rings. The first-order valence-corrected chi connectivity index (χ1v) is 4.26. The number of carbonyl (C=O) groups excluding carboxylic acids is 1. The second-order valence-corrected chi connectivity index (χ2v) is 3.18. The summed E-state index contributed by atoms with van der Waals surface area (Å²) in [6, 6.07) is -1.79. The van der Waals surface area contributed by atoms with Crippen molar-refractivity contribution >= 4 is 12.0 Å². The number of hydrogen-bond acceptors (Lipinski definition) is 2. The van der Waals surface area contributed by atoms with E-state index in [4.69, 9.17) is 5.11 Å². The van der Waals surface area contributed by atoms with Crippen molar-refractivity contribution in [2.75, 3.05) is 20.6 Å². The summed E-state index contributed by atoms with van der Waals surface area (Å²) in [5.41, 5.74) is 0. The van der Waals surface area contributed by atoms with Crippen molar-refractivity contribution in [3.8, 4) is 0 Å². The van der Waals surface area contributed by atoms with Gasteiger partial charge in [0.1, 0.15) is 6.04 Å². The summed E-state index contributed by atoms with van der Waals surface area (Å²) >= 11 is 0. The molecular weight excluding hydrogens is 210 g/mol. The van der Waals surface area contributed by atoms with Gasteiger partial charge in [-0.1, -0.05) is 0 Å². The monoisotopic (exact) mass is 224 g/mol. The Labute approximate surface area is 86.3 Å². The molecule has 0 radical (unpaired) electrons. The molecule has 0 rings (SSSR count). The van der Waals surface area contributed by atoms with Crippen LogP contribution in [0.3, 0.4) is 0 Å². The molecule has 1 unspecified atom stereocenters. The lowest BCUT2D eigenvalue weighted by Gasteiger charge is -2.27. The van der Waals surface area contributed by atoms with Crippen molar-refractivity contribution in [1.29, 1.82) is 0 Å². The van der Waals surface area contributed by atoms with Crippen molar-refractivity contribution in [1.82, 2.24) is 9.80 Å². The average molecular weight is 224 g/mol. The fraction of sp³-hybridized carbons (Fsp3) is 0.750. The van der Waals surface area contributed by atoms with Gasteiger partial charge in [-0.2, -0.15) is 0 Å². The van der Waals surface area contributed by atoms with E-state index in [1.807, 2.05) is 0 Å². The first-order valence-electron chi connectivity index (χ1n) is 4.26. The second-order valence-electron chi connectivity index (χ2n) is 3.18. The van der Waals surface area contributed by atoms with Crippen LogP contribution in [0.2, 0.25) is 0 Å². The Hall–Kier alpha value is -1.40. The van der Waals surface area contributed by atoms with Crippen LogP contribution in [-0.2, 0) is 4.79 Å². The summed E-state index contributed by atoms with van der Waals surface area (Å²) in [4.78, 5) is 23.6. The molecule has 0 saturated carbocycles. The van der Waals surface area contributed by atoms with Gasteiger partial charge in [-0.15, -0.1) is 0 Å². The van der Waals surface area contributed by atoms with Crippen LogP contribution in [0.4, 0.5) is 13.6 Å². The van der Waals surface area contributed by atoms with Crippen LogP contribution in [-0.4, -0.2) is 60.0 Å². The second kappa shape index (κ2) is 5.47. The molecule has 7 heteroatoms. The van der Waals surface area contributed by atoms with Gasteiger partial charge < -0.3 is 14.9 Å². The van der Waals surface area contributed by atoms with Crippen LogP contribution < -0.4 is 0 Å².